The molecule has 28 heavy (non-hydrogen) atoms. The predicted octanol–water partition coefficient (Wildman–Crippen LogP) is 4.30. The third-order valence-corrected chi connectivity index (χ3v) is 6.09. The minimum absolute atomic E-state index is 0.110. The number of nitrogens with zero attached hydrogens (tertiary/aromatic N) is 4. The van der Waals surface area contributed by atoms with Crippen molar-refractivity contribution >= 4 is 17.0 Å². The van der Waals surface area contributed by atoms with Gasteiger partial charge in [0.25, 0.3) is 5.91 Å². The van der Waals surface area contributed by atoms with Crippen LogP contribution in [0.2, 0.25) is 0 Å². The number of piperidine rings is 1. The number of imidazole rings is 1. The van der Waals surface area contributed by atoms with Crippen LogP contribution in [0.1, 0.15) is 66.5 Å². The van der Waals surface area contributed by atoms with Crippen LogP contribution in [0.3, 0.4) is 0 Å². The first-order valence-corrected chi connectivity index (χ1v) is 10.4. The van der Waals surface area contributed by atoms with Gasteiger partial charge in [0.1, 0.15) is 11.3 Å². The van der Waals surface area contributed by atoms with Gasteiger partial charge in [0, 0.05) is 43.0 Å². The van der Waals surface area contributed by atoms with E-state index in [0.29, 0.717) is 11.5 Å². The number of hydrogen-bond acceptors (Lipinski definition) is 4. The maximum Gasteiger partial charge on any atom is 0.254 e. The number of amides is 1. The Kier molecular flexibility index (Phi) is 4.41. The van der Waals surface area contributed by atoms with Crippen LogP contribution in [-0.4, -0.2) is 37.9 Å². The van der Waals surface area contributed by atoms with Gasteiger partial charge in [-0.15, -0.1) is 0 Å². The molecule has 0 bridgehead atoms. The largest absolute Gasteiger partial charge is 0.440 e. The first-order valence-electron chi connectivity index (χ1n) is 10.4. The van der Waals surface area contributed by atoms with E-state index in [0.717, 1.165) is 68.0 Å². The normalized spacial score (nSPS) is 20.0. The van der Waals surface area contributed by atoms with Crippen molar-refractivity contribution in [2.24, 2.45) is 0 Å². The topological polar surface area (TPSA) is 64.2 Å². The number of fused-ring (bicyclic) bond motifs is 1. The van der Waals surface area contributed by atoms with Gasteiger partial charge in [0.2, 0.25) is 0 Å². The highest BCUT2D eigenvalue weighted by Gasteiger charge is 2.30. The van der Waals surface area contributed by atoms with Gasteiger partial charge < -0.3 is 13.9 Å². The number of likely N-dealkylation sites (tertiary alicyclic amines) is 1. The molecule has 1 aliphatic carbocycles. The van der Waals surface area contributed by atoms with E-state index >= 15 is 0 Å². The summed E-state index contributed by atoms with van der Waals surface area (Å²) < 4.78 is 8.08. The lowest BCUT2D eigenvalue weighted by Gasteiger charge is -2.36. The summed E-state index contributed by atoms with van der Waals surface area (Å²) in [5.74, 6) is 2.44. The third kappa shape index (κ3) is 3.32. The molecule has 1 saturated heterocycles. The Labute approximate surface area is 164 Å². The van der Waals surface area contributed by atoms with E-state index in [1.54, 1.807) is 0 Å². The van der Waals surface area contributed by atoms with Gasteiger partial charge in [-0.1, -0.05) is 0 Å². The fourth-order valence-electron chi connectivity index (χ4n) is 4.24. The maximum atomic E-state index is 13.3. The molecule has 1 amide bonds. The minimum Gasteiger partial charge on any atom is -0.440 e. The monoisotopic (exact) mass is 378 g/mol. The smallest absolute Gasteiger partial charge is 0.254 e. The highest BCUT2D eigenvalue weighted by Crippen LogP contribution is 2.40. The van der Waals surface area contributed by atoms with Gasteiger partial charge in [-0.2, -0.15) is 0 Å². The molecule has 0 spiro atoms. The molecule has 1 aromatic carbocycles. The van der Waals surface area contributed by atoms with Crippen LogP contribution in [0.25, 0.3) is 11.1 Å². The zero-order valence-corrected chi connectivity index (χ0v) is 16.3. The Bertz CT molecular complexity index is 1000. The zero-order valence-electron chi connectivity index (χ0n) is 16.3. The molecule has 3 aromatic rings. The second-order valence-corrected chi connectivity index (χ2v) is 8.11. The Balaban J connectivity index is 1.34. The number of carbonyl (C=O) groups excluding carboxylic acids is 1. The summed E-state index contributed by atoms with van der Waals surface area (Å²) >= 11 is 0. The standard InChI is InChI=1S/C22H26N4O2/c1-15-23-10-13-25(15)12-9-18-4-2-3-11-26(18)22(27)17-7-8-19-20(14-17)28-21(24-19)16-5-6-16/h7-8,10,13-14,16,18H,2-6,9,11-12H2,1H3/t18-/m1/s1. The highest BCUT2D eigenvalue weighted by molar-refractivity contribution is 5.97. The molecule has 0 unspecified atom stereocenters. The SMILES string of the molecule is Cc1nccn1CC[C@H]1CCCCN1C(=O)c1ccc2nc(C3CC3)oc2c1. The molecular formula is C22H26N4O2. The second kappa shape index (κ2) is 7.08. The minimum atomic E-state index is 0.110. The average Bonchev–Trinajstić information content (AvgIpc) is 3.36. The van der Waals surface area contributed by atoms with Crippen LogP contribution in [-0.2, 0) is 6.54 Å². The summed E-state index contributed by atoms with van der Waals surface area (Å²) in [6.07, 6.45) is 10.4. The van der Waals surface area contributed by atoms with Gasteiger partial charge >= 0.3 is 0 Å². The number of oxazole rings is 1. The molecule has 6 nitrogen and oxygen atoms in total. The lowest BCUT2D eigenvalue weighted by Crippen LogP contribution is -2.44. The molecule has 146 valence electrons. The molecule has 1 saturated carbocycles. The molecular weight excluding hydrogens is 352 g/mol. The summed E-state index contributed by atoms with van der Waals surface area (Å²) in [5.41, 5.74) is 2.29. The fourth-order valence-corrected chi connectivity index (χ4v) is 4.24. The third-order valence-electron chi connectivity index (χ3n) is 6.09. The summed E-state index contributed by atoms with van der Waals surface area (Å²) in [4.78, 5) is 24.2. The van der Waals surface area contributed by atoms with Crippen molar-refractivity contribution in [3.05, 3.63) is 47.9 Å². The van der Waals surface area contributed by atoms with Crippen molar-refractivity contribution in [2.75, 3.05) is 6.54 Å². The molecule has 2 fully saturated rings. The number of aryl methyl sites for hydroxylation is 2. The van der Waals surface area contributed by atoms with Crippen molar-refractivity contribution in [1.82, 2.24) is 19.4 Å². The van der Waals surface area contributed by atoms with Crippen LogP contribution in [0.4, 0.5) is 0 Å². The molecule has 6 heteroatoms. The van der Waals surface area contributed by atoms with Crippen molar-refractivity contribution in [3.63, 3.8) is 0 Å². The van der Waals surface area contributed by atoms with Gasteiger partial charge in [-0.05, 0) is 63.6 Å². The lowest BCUT2D eigenvalue weighted by molar-refractivity contribution is 0.0595. The average molecular weight is 378 g/mol. The highest BCUT2D eigenvalue weighted by atomic mass is 16.3. The van der Waals surface area contributed by atoms with Crippen LogP contribution >= 0.6 is 0 Å². The van der Waals surface area contributed by atoms with Gasteiger partial charge in [-0.3, -0.25) is 4.79 Å². The Morgan fingerprint density at radius 1 is 1.25 bits per heavy atom. The molecule has 3 heterocycles. The summed E-state index contributed by atoms with van der Waals surface area (Å²) in [5, 5.41) is 0. The van der Waals surface area contributed by atoms with Crippen LogP contribution < -0.4 is 0 Å². The van der Waals surface area contributed by atoms with E-state index in [9.17, 15) is 4.79 Å². The fraction of sp³-hybridized carbons (Fsp3) is 0.500. The molecule has 0 radical (unpaired) electrons. The summed E-state index contributed by atoms with van der Waals surface area (Å²) in [7, 11) is 0. The molecule has 5 rings (SSSR count). The first-order chi connectivity index (χ1) is 13.7. The van der Waals surface area contributed by atoms with Gasteiger partial charge in [0.15, 0.2) is 11.5 Å². The second-order valence-electron chi connectivity index (χ2n) is 8.11. The van der Waals surface area contributed by atoms with E-state index in [1.165, 1.54) is 6.42 Å². The molecule has 1 aliphatic heterocycles. The van der Waals surface area contributed by atoms with Crippen molar-refractivity contribution < 1.29 is 9.21 Å². The summed E-state index contributed by atoms with van der Waals surface area (Å²) in [6, 6.07) is 5.97. The van der Waals surface area contributed by atoms with E-state index < -0.39 is 0 Å². The van der Waals surface area contributed by atoms with Gasteiger partial charge in [0.05, 0.1) is 0 Å². The number of rotatable bonds is 5. The zero-order chi connectivity index (χ0) is 19.1. The lowest BCUT2D eigenvalue weighted by atomic mass is 9.98. The number of benzene rings is 1. The first kappa shape index (κ1) is 17.5. The number of aromatic nitrogens is 3. The Hall–Kier alpha value is -2.63. The number of hydrogen-bond donors (Lipinski definition) is 0. The van der Waals surface area contributed by atoms with Crippen molar-refractivity contribution in [1.29, 1.82) is 0 Å². The van der Waals surface area contributed by atoms with Crippen LogP contribution in [0.15, 0.2) is 35.0 Å². The summed E-state index contributed by atoms with van der Waals surface area (Å²) in [6.45, 7) is 3.74. The van der Waals surface area contributed by atoms with E-state index in [-0.39, 0.29) is 11.9 Å². The van der Waals surface area contributed by atoms with Crippen molar-refractivity contribution in [3.8, 4) is 0 Å². The molecule has 0 N–H and O–H groups in total. The predicted molar refractivity (Wildman–Crippen MR) is 106 cm³/mol. The van der Waals surface area contributed by atoms with Crippen LogP contribution in [0, 0.1) is 6.92 Å². The quantitative estimate of drug-likeness (QED) is 0.664. The molecule has 2 aliphatic rings. The van der Waals surface area contributed by atoms with E-state index in [4.69, 9.17) is 4.42 Å². The van der Waals surface area contributed by atoms with Crippen LogP contribution in [0.5, 0.6) is 0 Å². The van der Waals surface area contributed by atoms with E-state index in [2.05, 4.69) is 19.4 Å². The van der Waals surface area contributed by atoms with Crippen molar-refractivity contribution in [2.45, 2.75) is 64.0 Å². The maximum absolute atomic E-state index is 13.3. The van der Waals surface area contributed by atoms with E-state index in [1.807, 2.05) is 37.5 Å². The Morgan fingerprint density at radius 2 is 2.14 bits per heavy atom. The van der Waals surface area contributed by atoms with Gasteiger partial charge in [-0.25, -0.2) is 9.97 Å². The Morgan fingerprint density at radius 3 is 2.93 bits per heavy atom. The number of carbonyl (C=O) groups is 1. The molecule has 2 aromatic heterocycles. The molecule has 1 atom stereocenters.